The highest BCUT2D eigenvalue weighted by atomic mass is 35.5. The third-order valence-electron chi connectivity index (χ3n) is 2.92. The number of ether oxygens (including phenoxy) is 1. The van der Waals surface area contributed by atoms with E-state index >= 15 is 0 Å². The summed E-state index contributed by atoms with van der Waals surface area (Å²) < 4.78 is 5.40. The molecule has 16 heavy (non-hydrogen) atoms. The summed E-state index contributed by atoms with van der Waals surface area (Å²) in [6, 6.07) is 7.47. The van der Waals surface area contributed by atoms with E-state index in [0.29, 0.717) is 18.1 Å². The molecule has 0 aromatic heterocycles. The van der Waals surface area contributed by atoms with Crippen LogP contribution >= 0.6 is 11.6 Å². The Labute approximate surface area is 101 Å². The Morgan fingerprint density at radius 3 is 3.00 bits per heavy atom. The van der Waals surface area contributed by atoms with E-state index in [2.05, 4.69) is 0 Å². The van der Waals surface area contributed by atoms with Gasteiger partial charge in [0.25, 0.3) is 0 Å². The third kappa shape index (κ3) is 2.83. The number of halogens is 1. The van der Waals surface area contributed by atoms with Crippen LogP contribution in [0.25, 0.3) is 0 Å². The fraction of sp³-hybridized carbons (Fsp3) is 0.462. The maximum absolute atomic E-state index is 11.9. The van der Waals surface area contributed by atoms with Gasteiger partial charge in [-0.15, -0.1) is 0 Å². The molecule has 1 aliphatic heterocycles. The summed E-state index contributed by atoms with van der Waals surface area (Å²) in [5, 5.41) is 0.682. The van der Waals surface area contributed by atoms with Crippen molar-refractivity contribution in [1.82, 2.24) is 0 Å². The van der Waals surface area contributed by atoms with Crippen LogP contribution in [-0.2, 0) is 16.0 Å². The number of ketones is 1. The van der Waals surface area contributed by atoms with Gasteiger partial charge in [-0.25, -0.2) is 0 Å². The van der Waals surface area contributed by atoms with Crippen molar-refractivity contribution in [3.63, 3.8) is 0 Å². The van der Waals surface area contributed by atoms with Crippen LogP contribution in [0.15, 0.2) is 24.3 Å². The summed E-state index contributed by atoms with van der Waals surface area (Å²) in [5.41, 5.74) is 0.983. The highest BCUT2D eigenvalue weighted by molar-refractivity contribution is 6.30. The average Bonchev–Trinajstić information content (AvgIpc) is 2.65. The van der Waals surface area contributed by atoms with Gasteiger partial charge in [0.1, 0.15) is 5.78 Å². The lowest BCUT2D eigenvalue weighted by atomic mass is 9.96. The predicted octanol–water partition coefficient (Wildman–Crippen LogP) is 2.88. The quantitative estimate of drug-likeness (QED) is 0.810. The van der Waals surface area contributed by atoms with E-state index in [4.69, 9.17) is 16.3 Å². The van der Waals surface area contributed by atoms with Crippen molar-refractivity contribution in [1.29, 1.82) is 0 Å². The summed E-state index contributed by atoms with van der Waals surface area (Å²) in [6.07, 6.45) is 1.52. The van der Waals surface area contributed by atoms with Crippen LogP contribution < -0.4 is 0 Å². The number of Topliss-reactive ketones (excluding diaryl/α,β-unsaturated/α-hetero) is 1. The number of carbonyl (C=O) groups is 1. The molecule has 1 aromatic rings. The Hall–Kier alpha value is -0.860. The topological polar surface area (TPSA) is 26.3 Å². The molecule has 0 bridgehead atoms. The predicted molar refractivity (Wildman–Crippen MR) is 63.7 cm³/mol. The van der Waals surface area contributed by atoms with Crippen molar-refractivity contribution in [2.24, 2.45) is 5.92 Å². The summed E-state index contributed by atoms with van der Waals surface area (Å²) in [4.78, 5) is 11.9. The van der Waals surface area contributed by atoms with Gasteiger partial charge in [-0.2, -0.15) is 0 Å². The average molecular weight is 239 g/mol. The first-order chi connectivity index (χ1) is 7.65. The smallest absolute Gasteiger partial charge is 0.142 e. The van der Waals surface area contributed by atoms with Gasteiger partial charge in [0, 0.05) is 17.4 Å². The van der Waals surface area contributed by atoms with Crippen LogP contribution in [-0.4, -0.2) is 18.5 Å². The first-order valence-electron chi connectivity index (χ1n) is 5.54. The molecule has 0 N–H and O–H groups in total. The zero-order valence-electron chi connectivity index (χ0n) is 9.28. The molecule has 2 nitrogen and oxygen atoms in total. The maximum Gasteiger partial charge on any atom is 0.142 e. The Morgan fingerprint density at radius 2 is 2.38 bits per heavy atom. The number of hydrogen-bond donors (Lipinski definition) is 0. The van der Waals surface area contributed by atoms with Gasteiger partial charge >= 0.3 is 0 Å². The highest BCUT2D eigenvalue weighted by Gasteiger charge is 2.27. The van der Waals surface area contributed by atoms with Crippen LogP contribution in [0.1, 0.15) is 18.9 Å². The maximum atomic E-state index is 11.9. The zero-order chi connectivity index (χ0) is 11.5. The molecular formula is C13H15ClO2. The van der Waals surface area contributed by atoms with Gasteiger partial charge in [-0.05, 0) is 31.0 Å². The van der Waals surface area contributed by atoms with Gasteiger partial charge < -0.3 is 4.74 Å². The summed E-state index contributed by atoms with van der Waals surface area (Å²) >= 11 is 5.88. The van der Waals surface area contributed by atoms with Crippen LogP contribution in [0.3, 0.4) is 0 Å². The first kappa shape index (κ1) is 11.6. The van der Waals surface area contributed by atoms with Crippen molar-refractivity contribution < 1.29 is 9.53 Å². The molecule has 0 radical (unpaired) electrons. The monoisotopic (exact) mass is 238 g/mol. The summed E-state index contributed by atoms with van der Waals surface area (Å²) in [5.74, 6) is 0.320. The lowest BCUT2D eigenvalue weighted by Gasteiger charge is -2.06. The Bertz CT molecular complexity index is 389. The zero-order valence-corrected chi connectivity index (χ0v) is 10.0. The minimum Gasteiger partial charge on any atom is -0.378 e. The normalized spacial score (nSPS) is 24.6. The Morgan fingerprint density at radius 1 is 1.56 bits per heavy atom. The molecule has 3 heteroatoms. The molecule has 2 unspecified atom stereocenters. The highest BCUT2D eigenvalue weighted by Crippen LogP contribution is 2.22. The van der Waals surface area contributed by atoms with Crippen molar-refractivity contribution in [2.75, 3.05) is 6.61 Å². The number of benzene rings is 1. The van der Waals surface area contributed by atoms with E-state index in [1.165, 1.54) is 0 Å². The van der Waals surface area contributed by atoms with Crippen molar-refractivity contribution in [3.05, 3.63) is 34.9 Å². The van der Waals surface area contributed by atoms with Gasteiger partial charge in [-0.3, -0.25) is 4.79 Å². The molecule has 86 valence electrons. The molecule has 2 atom stereocenters. The molecule has 1 saturated heterocycles. The molecule has 0 spiro atoms. The van der Waals surface area contributed by atoms with Crippen LogP contribution in [0, 0.1) is 5.92 Å². The van der Waals surface area contributed by atoms with E-state index < -0.39 is 0 Å². The van der Waals surface area contributed by atoms with Gasteiger partial charge in [0.2, 0.25) is 0 Å². The van der Waals surface area contributed by atoms with E-state index in [9.17, 15) is 4.79 Å². The molecule has 0 saturated carbocycles. The number of rotatable bonds is 3. The van der Waals surface area contributed by atoms with Gasteiger partial charge in [0.15, 0.2) is 0 Å². The SMILES string of the molecule is CC1CC(C(=O)Cc2cccc(Cl)c2)CO1. The molecule has 1 aromatic carbocycles. The minimum absolute atomic E-state index is 0.0639. The van der Waals surface area contributed by atoms with E-state index in [1.807, 2.05) is 31.2 Å². The Kier molecular flexibility index (Phi) is 3.62. The number of carbonyl (C=O) groups excluding carboxylic acids is 1. The fourth-order valence-electron chi connectivity index (χ4n) is 2.03. The van der Waals surface area contributed by atoms with Gasteiger partial charge in [0.05, 0.1) is 12.7 Å². The van der Waals surface area contributed by atoms with Gasteiger partial charge in [-0.1, -0.05) is 23.7 Å². The molecule has 2 rings (SSSR count). The van der Waals surface area contributed by atoms with Crippen molar-refractivity contribution in [2.45, 2.75) is 25.9 Å². The summed E-state index contributed by atoms with van der Waals surface area (Å²) in [6.45, 7) is 2.58. The van der Waals surface area contributed by atoms with Crippen LogP contribution in [0.4, 0.5) is 0 Å². The van der Waals surface area contributed by atoms with Crippen LogP contribution in [0.5, 0.6) is 0 Å². The molecule has 0 aliphatic carbocycles. The lowest BCUT2D eigenvalue weighted by molar-refractivity contribution is -0.122. The second kappa shape index (κ2) is 4.98. The van der Waals surface area contributed by atoms with E-state index in [0.717, 1.165) is 12.0 Å². The van der Waals surface area contributed by atoms with Crippen molar-refractivity contribution >= 4 is 17.4 Å². The fourth-order valence-corrected chi connectivity index (χ4v) is 2.25. The second-order valence-electron chi connectivity index (χ2n) is 4.35. The molecule has 1 aliphatic rings. The molecule has 0 amide bonds. The number of hydrogen-bond acceptors (Lipinski definition) is 2. The standard InChI is InChI=1S/C13H15ClO2/c1-9-5-11(8-16-9)13(15)7-10-3-2-4-12(14)6-10/h2-4,6,9,11H,5,7-8H2,1H3. The Balaban J connectivity index is 1.97. The first-order valence-corrected chi connectivity index (χ1v) is 5.91. The summed E-state index contributed by atoms with van der Waals surface area (Å²) in [7, 11) is 0. The van der Waals surface area contributed by atoms with E-state index in [-0.39, 0.29) is 17.8 Å². The molecule has 1 heterocycles. The van der Waals surface area contributed by atoms with Crippen LogP contribution in [0.2, 0.25) is 5.02 Å². The molecular weight excluding hydrogens is 224 g/mol. The van der Waals surface area contributed by atoms with E-state index in [1.54, 1.807) is 0 Å². The molecule has 1 fully saturated rings. The third-order valence-corrected chi connectivity index (χ3v) is 3.16. The van der Waals surface area contributed by atoms with Crippen molar-refractivity contribution in [3.8, 4) is 0 Å². The largest absolute Gasteiger partial charge is 0.378 e. The lowest BCUT2D eigenvalue weighted by Crippen LogP contribution is -2.16. The second-order valence-corrected chi connectivity index (χ2v) is 4.79. The minimum atomic E-state index is 0.0639.